The van der Waals surface area contributed by atoms with E-state index in [0.717, 1.165) is 0 Å². The van der Waals surface area contributed by atoms with Crippen LogP contribution in [0.1, 0.15) is 16.9 Å². The lowest BCUT2D eigenvalue weighted by Gasteiger charge is -2.10. The van der Waals surface area contributed by atoms with Crippen molar-refractivity contribution < 1.29 is 19.7 Å². The predicted octanol–water partition coefficient (Wildman–Crippen LogP) is 1.31. The van der Waals surface area contributed by atoms with Crippen LogP contribution >= 0.6 is 0 Å². The molecular formula is C12H12O5. The van der Waals surface area contributed by atoms with Crippen LogP contribution in [-0.2, 0) is 6.61 Å². The Morgan fingerprint density at radius 3 is 2.53 bits per heavy atom. The number of aliphatic hydroxyl groups is 1. The van der Waals surface area contributed by atoms with E-state index < -0.39 is 5.63 Å². The van der Waals surface area contributed by atoms with Gasteiger partial charge in [0.15, 0.2) is 0 Å². The maximum absolute atomic E-state index is 11.7. The Bertz CT molecular complexity index is 654. The summed E-state index contributed by atoms with van der Waals surface area (Å²) in [5, 5.41) is 29.0. The van der Waals surface area contributed by atoms with E-state index in [1.165, 1.54) is 13.0 Å². The summed E-state index contributed by atoms with van der Waals surface area (Å²) in [4.78, 5) is 11.7. The van der Waals surface area contributed by atoms with Crippen molar-refractivity contribution in [3.05, 3.63) is 33.4 Å². The summed E-state index contributed by atoms with van der Waals surface area (Å²) in [7, 11) is 0. The van der Waals surface area contributed by atoms with E-state index >= 15 is 0 Å². The third-order valence-electron chi connectivity index (χ3n) is 2.88. The van der Waals surface area contributed by atoms with Gasteiger partial charge in [0.25, 0.3) is 0 Å². The van der Waals surface area contributed by atoms with Gasteiger partial charge in [-0.15, -0.1) is 0 Å². The van der Waals surface area contributed by atoms with Gasteiger partial charge < -0.3 is 19.7 Å². The van der Waals surface area contributed by atoms with Crippen molar-refractivity contribution in [3.8, 4) is 11.5 Å². The molecule has 0 atom stereocenters. The van der Waals surface area contributed by atoms with Crippen molar-refractivity contribution in [1.29, 1.82) is 0 Å². The Morgan fingerprint density at radius 2 is 1.94 bits per heavy atom. The summed E-state index contributed by atoms with van der Waals surface area (Å²) in [5.74, 6) is -0.175. The van der Waals surface area contributed by atoms with Crippen LogP contribution in [-0.4, -0.2) is 15.3 Å². The first-order valence-electron chi connectivity index (χ1n) is 5.06. The molecule has 0 aliphatic rings. The minimum atomic E-state index is -0.685. The number of aryl methyl sites for hydroxylation is 1. The highest BCUT2D eigenvalue weighted by Gasteiger charge is 2.17. The van der Waals surface area contributed by atoms with E-state index in [1.54, 1.807) is 6.92 Å². The molecule has 0 aliphatic carbocycles. The van der Waals surface area contributed by atoms with Crippen molar-refractivity contribution in [3.63, 3.8) is 0 Å². The second-order valence-electron chi connectivity index (χ2n) is 3.87. The Balaban J connectivity index is 3.09. The molecule has 0 spiro atoms. The van der Waals surface area contributed by atoms with Crippen molar-refractivity contribution in [2.24, 2.45) is 0 Å². The topological polar surface area (TPSA) is 90.9 Å². The summed E-state index contributed by atoms with van der Waals surface area (Å²) >= 11 is 0. The van der Waals surface area contributed by atoms with Crippen molar-refractivity contribution in [2.75, 3.05) is 0 Å². The van der Waals surface area contributed by atoms with Gasteiger partial charge in [-0.25, -0.2) is 4.79 Å². The molecule has 1 aromatic carbocycles. The molecule has 90 valence electrons. The molecule has 2 aromatic rings. The Labute approximate surface area is 96.6 Å². The lowest BCUT2D eigenvalue weighted by molar-refractivity contribution is 0.277. The van der Waals surface area contributed by atoms with E-state index in [-0.39, 0.29) is 34.8 Å². The third-order valence-corrected chi connectivity index (χ3v) is 2.88. The van der Waals surface area contributed by atoms with Crippen molar-refractivity contribution in [2.45, 2.75) is 20.5 Å². The molecule has 0 unspecified atom stereocenters. The standard InChI is InChI=1S/C12H12O5/c1-5-9(14)3-7-8(4-13)6(2)17-12(16)10(7)11(5)15/h3,13-15H,4H2,1-2H3. The van der Waals surface area contributed by atoms with Gasteiger partial charge in [-0.05, 0) is 19.9 Å². The molecule has 1 aromatic heterocycles. The van der Waals surface area contributed by atoms with E-state index in [0.29, 0.717) is 10.9 Å². The normalized spacial score (nSPS) is 11.0. The molecule has 5 nitrogen and oxygen atoms in total. The molecule has 17 heavy (non-hydrogen) atoms. The Hall–Kier alpha value is -2.01. The SMILES string of the molecule is Cc1oc(=O)c2c(O)c(C)c(O)cc2c1CO. The first-order valence-corrected chi connectivity index (χ1v) is 5.06. The number of phenolic OH excluding ortho intramolecular Hbond substituents is 2. The fourth-order valence-electron chi connectivity index (χ4n) is 1.84. The zero-order chi connectivity index (χ0) is 12.7. The Morgan fingerprint density at radius 1 is 1.29 bits per heavy atom. The molecule has 5 heteroatoms. The van der Waals surface area contributed by atoms with Crippen LogP contribution < -0.4 is 5.63 Å². The van der Waals surface area contributed by atoms with Gasteiger partial charge in [0.05, 0.1) is 6.61 Å². The van der Waals surface area contributed by atoms with E-state index in [2.05, 4.69) is 0 Å². The average molecular weight is 236 g/mol. The highest BCUT2D eigenvalue weighted by atomic mass is 16.4. The van der Waals surface area contributed by atoms with E-state index in [1.807, 2.05) is 0 Å². The quantitative estimate of drug-likeness (QED) is 0.694. The molecule has 0 saturated heterocycles. The smallest absolute Gasteiger partial charge is 0.347 e. The molecule has 3 N–H and O–H groups in total. The minimum Gasteiger partial charge on any atom is -0.508 e. The van der Waals surface area contributed by atoms with Gasteiger partial charge in [-0.2, -0.15) is 0 Å². The highest BCUT2D eigenvalue weighted by Crippen LogP contribution is 2.35. The largest absolute Gasteiger partial charge is 0.508 e. The van der Waals surface area contributed by atoms with E-state index in [9.17, 15) is 20.1 Å². The van der Waals surface area contributed by atoms with Crippen LogP contribution in [0, 0.1) is 13.8 Å². The van der Waals surface area contributed by atoms with Gasteiger partial charge >= 0.3 is 5.63 Å². The van der Waals surface area contributed by atoms with Crippen molar-refractivity contribution >= 4 is 10.8 Å². The van der Waals surface area contributed by atoms with Crippen LogP contribution in [0.3, 0.4) is 0 Å². The third kappa shape index (κ3) is 1.55. The fourth-order valence-corrected chi connectivity index (χ4v) is 1.84. The van der Waals surface area contributed by atoms with Gasteiger partial charge in [-0.1, -0.05) is 0 Å². The van der Waals surface area contributed by atoms with Gasteiger partial charge in [0.2, 0.25) is 0 Å². The molecule has 2 rings (SSSR count). The predicted molar refractivity (Wildman–Crippen MR) is 61.2 cm³/mol. The summed E-state index contributed by atoms with van der Waals surface area (Å²) in [6.45, 7) is 2.69. The second kappa shape index (κ2) is 3.78. The van der Waals surface area contributed by atoms with Crippen LogP contribution in [0.4, 0.5) is 0 Å². The highest BCUT2D eigenvalue weighted by molar-refractivity contribution is 5.92. The van der Waals surface area contributed by atoms with Gasteiger partial charge in [-0.3, -0.25) is 0 Å². The number of aliphatic hydroxyl groups excluding tert-OH is 1. The summed E-state index contributed by atoms with van der Waals surface area (Å²) in [5.41, 5.74) is -0.0990. The molecule has 0 saturated carbocycles. The molecule has 0 aliphatic heterocycles. The lowest BCUT2D eigenvalue weighted by atomic mass is 10.0. The maximum Gasteiger partial charge on any atom is 0.347 e. The molecule has 1 heterocycles. The first kappa shape index (κ1) is 11.5. The molecule has 0 bridgehead atoms. The average Bonchev–Trinajstić information content (AvgIpc) is 2.25. The monoisotopic (exact) mass is 236 g/mol. The molecule has 0 amide bonds. The number of fused-ring (bicyclic) bond motifs is 1. The van der Waals surface area contributed by atoms with Gasteiger partial charge in [0.1, 0.15) is 22.6 Å². The van der Waals surface area contributed by atoms with Crippen LogP contribution in [0.25, 0.3) is 10.8 Å². The first-order chi connectivity index (χ1) is 7.97. The number of hydrogen-bond acceptors (Lipinski definition) is 5. The summed E-state index contributed by atoms with van der Waals surface area (Å²) < 4.78 is 4.93. The van der Waals surface area contributed by atoms with Gasteiger partial charge in [0, 0.05) is 16.5 Å². The number of hydrogen-bond donors (Lipinski definition) is 3. The summed E-state index contributed by atoms with van der Waals surface area (Å²) in [6.07, 6.45) is 0. The molecular weight excluding hydrogens is 224 g/mol. The van der Waals surface area contributed by atoms with Crippen molar-refractivity contribution in [1.82, 2.24) is 0 Å². The number of rotatable bonds is 1. The van der Waals surface area contributed by atoms with Crippen LogP contribution in [0.5, 0.6) is 11.5 Å². The number of phenols is 2. The van der Waals surface area contributed by atoms with Crippen LogP contribution in [0.15, 0.2) is 15.3 Å². The second-order valence-corrected chi connectivity index (χ2v) is 3.87. The minimum absolute atomic E-state index is 0.0186. The zero-order valence-corrected chi connectivity index (χ0v) is 9.44. The number of benzene rings is 1. The van der Waals surface area contributed by atoms with E-state index in [4.69, 9.17) is 4.42 Å². The fraction of sp³-hybridized carbons (Fsp3) is 0.250. The Kier molecular flexibility index (Phi) is 2.55. The molecule has 0 radical (unpaired) electrons. The maximum atomic E-state index is 11.7. The number of aromatic hydroxyl groups is 2. The zero-order valence-electron chi connectivity index (χ0n) is 9.44. The van der Waals surface area contributed by atoms with Crippen LogP contribution in [0.2, 0.25) is 0 Å². The lowest BCUT2D eigenvalue weighted by Crippen LogP contribution is -2.05. The summed E-state index contributed by atoms with van der Waals surface area (Å²) in [6, 6.07) is 1.35. The molecule has 0 fully saturated rings.